The number of aryl methyl sites for hydroxylation is 1. The van der Waals surface area contributed by atoms with Crippen molar-refractivity contribution in [3.63, 3.8) is 0 Å². The largest absolute Gasteiger partial charge is 0.370 e. The van der Waals surface area contributed by atoms with E-state index >= 15 is 0 Å². The molecule has 2 aliphatic rings. The Bertz CT molecular complexity index is 688. The summed E-state index contributed by atoms with van der Waals surface area (Å²) in [5, 5.41) is 14.3. The zero-order valence-corrected chi connectivity index (χ0v) is 12.5. The fourth-order valence-corrected chi connectivity index (χ4v) is 2.99. The Hall–Kier alpha value is -2.15. The van der Waals surface area contributed by atoms with Crippen LogP contribution < -0.4 is 5.32 Å². The molecule has 7 nitrogen and oxygen atoms in total. The van der Waals surface area contributed by atoms with E-state index in [1.54, 1.807) is 10.9 Å². The van der Waals surface area contributed by atoms with E-state index in [-0.39, 0.29) is 18.1 Å². The van der Waals surface area contributed by atoms with E-state index in [1.807, 2.05) is 19.2 Å². The molecule has 2 atom stereocenters. The molecule has 1 saturated carbocycles. The highest BCUT2D eigenvalue weighted by Crippen LogP contribution is 2.39. The number of amides is 1. The summed E-state index contributed by atoms with van der Waals surface area (Å²) in [6.07, 6.45) is 4.75. The van der Waals surface area contributed by atoms with Gasteiger partial charge < -0.3 is 10.1 Å². The molecule has 1 amide bonds. The van der Waals surface area contributed by atoms with Gasteiger partial charge in [-0.2, -0.15) is 10.2 Å². The molecule has 2 fully saturated rings. The van der Waals surface area contributed by atoms with E-state index in [4.69, 9.17) is 4.74 Å². The summed E-state index contributed by atoms with van der Waals surface area (Å²) >= 11 is 0. The third kappa shape index (κ3) is 2.41. The maximum absolute atomic E-state index is 12.4. The van der Waals surface area contributed by atoms with Crippen molar-refractivity contribution in [1.29, 1.82) is 0 Å². The Labute approximate surface area is 128 Å². The van der Waals surface area contributed by atoms with Crippen LogP contribution in [0.15, 0.2) is 18.3 Å². The van der Waals surface area contributed by atoms with Gasteiger partial charge in [0.25, 0.3) is 5.91 Å². The van der Waals surface area contributed by atoms with Crippen LogP contribution in [0.2, 0.25) is 0 Å². The first kappa shape index (κ1) is 13.5. The molecule has 2 aromatic heterocycles. The SMILES string of the molecule is Cn1nccc1[C@H]1OCC[C@@H]1NC(=O)c1cc(C2CC2)[nH]n1. The van der Waals surface area contributed by atoms with Gasteiger partial charge in [0.2, 0.25) is 0 Å². The maximum Gasteiger partial charge on any atom is 0.272 e. The third-order valence-corrected chi connectivity index (χ3v) is 4.41. The molecule has 1 aliphatic heterocycles. The van der Waals surface area contributed by atoms with E-state index in [0.29, 0.717) is 18.2 Å². The first-order valence-corrected chi connectivity index (χ1v) is 7.68. The number of hydrogen-bond acceptors (Lipinski definition) is 4. The highest BCUT2D eigenvalue weighted by molar-refractivity contribution is 5.92. The number of ether oxygens (including phenoxy) is 1. The van der Waals surface area contributed by atoms with Crippen LogP contribution in [0.5, 0.6) is 0 Å². The number of nitrogens with one attached hydrogen (secondary N) is 2. The molecule has 1 saturated heterocycles. The molecule has 116 valence electrons. The summed E-state index contributed by atoms with van der Waals surface area (Å²) in [7, 11) is 1.88. The van der Waals surface area contributed by atoms with E-state index < -0.39 is 0 Å². The fourth-order valence-electron chi connectivity index (χ4n) is 2.99. The third-order valence-electron chi connectivity index (χ3n) is 4.41. The van der Waals surface area contributed by atoms with E-state index in [9.17, 15) is 4.79 Å². The van der Waals surface area contributed by atoms with Crippen LogP contribution in [0.1, 0.15) is 53.2 Å². The number of hydrogen-bond donors (Lipinski definition) is 2. The van der Waals surface area contributed by atoms with Crippen LogP contribution in [0, 0.1) is 0 Å². The molecule has 0 bridgehead atoms. The van der Waals surface area contributed by atoms with Crippen molar-refractivity contribution in [2.45, 2.75) is 37.3 Å². The predicted molar refractivity (Wildman–Crippen MR) is 78.3 cm³/mol. The molecule has 22 heavy (non-hydrogen) atoms. The van der Waals surface area contributed by atoms with Crippen molar-refractivity contribution < 1.29 is 9.53 Å². The zero-order chi connectivity index (χ0) is 15.1. The lowest BCUT2D eigenvalue weighted by Gasteiger charge is -2.19. The number of H-pyrrole nitrogens is 1. The van der Waals surface area contributed by atoms with Crippen molar-refractivity contribution in [2.75, 3.05) is 6.61 Å². The summed E-state index contributed by atoms with van der Waals surface area (Å²) in [5.74, 6) is 0.414. The monoisotopic (exact) mass is 301 g/mol. The van der Waals surface area contributed by atoms with Crippen LogP contribution in [0.25, 0.3) is 0 Å². The minimum Gasteiger partial charge on any atom is -0.370 e. The van der Waals surface area contributed by atoms with Crippen molar-refractivity contribution in [3.8, 4) is 0 Å². The van der Waals surface area contributed by atoms with Gasteiger partial charge in [0, 0.05) is 31.5 Å². The summed E-state index contributed by atoms with van der Waals surface area (Å²) in [5.41, 5.74) is 2.50. The second-order valence-electron chi connectivity index (χ2n) is 6.02. The molecule has 0 radical (unpaired) electrons. The molecular formula is C15H19N5O2. The van der Waals surface area contributed by atoms with Gasteiger partial charge in [-0.1, -0.05) is 0 Å². The molecule has 4 rings (SSSR count). The number of carbonyl (C=O) groups excluding carboxylic acids is 1. The number of rotatable bonds is 4. The minimum atomic E-state index is -0.154. The van der Waals surface area contributed by atoms with Gasteiger partial charge >= 0.3 is 0 Å². The Kier molecular flexibility index (Phi) is 3.22. The molecule has 1 aliphatic carbocycles. The van der Waals surface area contributed by atoms with Gasteiger partial charge in [0.1, 0.15) is 11.8 Å². The lowest BCUT2D eigenvalue weighted by molar-refractivity contribution is 0.0789. The van der Waals surface area contributed by atoms with Crippen LogP contribution in [-0.2, 0) is 11.8 Å². The van der Waals surface area contributed by atoms with Crippen LogP contribution >= 0.6 is 0 Å². The smallest absolute Gasteiger partial charge is 0.272 e. The Balaban J connectivity index is 1.47. The molecule has 7 heteroatoms. The van der Waals surface area contributed by atoms with Crippen LogP contribution in [0.3, 0.4) is 0 Å². The number of carbonyl (C=O) groups is 1. The second kappa shape index (κ2) is 5.24. The molecule has 0 spiro atoms. The van der Waals surface area contributed by atoms with E-state index in [2.05, 4.69) is 20.6 Å². The summed E-state index contributed by atoms with van der Waals surface area (Å²) in [6, 6.07) is 3.74. The summed E-state index contributed by atoms with van der Waals surface area (Å²) < 4.78 is 7.56. The second-order valence-corrected chi connectivity index (χ2v) is 6.02. The van der Waals surface area contributed by atoms with Gasteiger partial charge in [-0.25, -0.2) is 0 Å². The first-order valence-electron chi connectivity index (χ1n) is 7.68. The van der Waals surface area contributed by atoms with E-state index in [0.717, 1.165) is 17.8 Å². The van der Waals surface area contributed by atoms with Gasteiger partial charge in [0.15, 0.2) is 0 Å². The Morgan fingerprint density at radius 1 is 1.45 bits per heavy atom. The first-order chi connectivity index (χ1) is 10.7. The molecule has 2 N–H and O–H groups in total. The van der Waals surface area contributed by atoms with Gasteiger partial charge in [-0.05, 0) is 31.4 Å². The van der Waals surface area contributed by atoms with Crippen molar-refractivity contribution in [3.05, 3.63) is 35.4 Å². The normalized spacial score (nSPS) is 24.6. The molecule has 2 aromatic rings. The lowest BCUT2D eigenvalue weighted by Crippen LogP contribution is -2.37. The summed E-state index contributed by atoms with van der Waals surface area (Å²) in [6.45, 7) is 0.634. The maximum atomic E-state index is 12.4. The molecule has 0 aromatic carbocycles. The fraction of sp³-hybridized carbons (Fsp3) is 0.533. The van der Waals surface area contributed by atoms with Gasteiger partial charge in [0.05, 0.1) is 11.7 Å². The van der Waals surface area contributed by atoms with Crippen LogP contribution in [0.4, 0.5) is 0 Å². The Morgan fingerprint density at radius 3 is 3.05 bits per heavy atom. The summed E-state index contributed by atoms with van der Waals surface area (Å²) in [4.78, 5) is 12.4. The minimum absolute atomic E-state index is 0.0519. The highest BCUT2D eigenvalue weighted by atomic mass is 16.5. The standard InChI is InChI=1S/C15H19N5O2/c1-20-13(4-6-16-20)14-10(5-7-22-14)17-15(21)12-8-11(18-19-12)9-2-3-9/h4,6,8-10,14H,2-3,5,7H2,1H3,(H,17,21)(H,18,19)/t10-,14-/m0/s1. The van der Waals surface area contributed by atoms with Crippen LogP contribution in [-0.4, -0.2) is 38.5 Å². The zero-order valence-electron chi connectivity index (χ0n) is 12.5. The lowest BCUT2D eigenvalue weighted by atomic mass is 10.1. The number of aromatic nitrogens is 4. The number of nitrogens with zero attached hydrogens (tertiary/aromatic N) is 3. The molecule has 0 unspecified atom stereocenters. The Morgan fingerprint density at radius 2 is 2.32 bits per heavy atom. The van der Waals surface area contributed by atoms with Crippen molar-refractivity contribution in [2.24, 2.45) is 7.05 Å². The highest BCUT2D eigenvalue weighted by Gasteiger charge is 2.33. The quantitative estimate of drug-likeness (QED) is 0.891. The predicted octanol–water partition coefficient (Wildman–Crippen LogP) is 1.28. The number of aromatic amines is 1. The molecular weight excluding hydrogens is 282 g/mol. The van der Waals surface area contributed by atoms with Crippen molar-refractivity contribution >= 4 is 5.91 Å². The van der Waals surface area contributed by atoms with Gasteiger partial charge in [-0.3, -0.25) is 14.6 Å². The topological polar surface area (TPSA) is 84.8 Å². The van der Waals surface area contributed by atoms with Crippen molar-refractivity contribution in [1.82, 2.24) is 25.3 Å². The average Bonchev–Trinajstić information content (AvgIpc) is 2.91. The van der Waals surface area contributed by atoms with E-state index in [1.165, 1.54) is 12.8 Å². The molecule has 3 heterocycles. The average molecular weight is 301 g/mol. The van der Waals surface area contributed by atoms with Gasteiger partial charge in [-0.15, -0.1) is 0 Å².